The second kappa shape index (κ2) is 9.31. The molecule has 144 valence electrons. The number of aliphatic hydroxyl groups is 1. The Kier molecular flexibility index (Phi) is 7.68. The Hall–Kier alpha value is -0.680. The van der Waals surface area contributed by atoms with Gasteiger partial charge in [0.05, 0.1) is 30.5 Å². The fraction of sp³-hybridized carbons (Fsp3) is 0.810. The van der Waals surface area contributed by atoms with Crippen LogP contribution in [0.3, 0.4) is 0 Å². The third kappa shape index (κ3) is 6.52. The van der Waals surface area contributed by atoms with Crippen molar-refractivity contribution in [3.05, 3.63) is 25.3 Å². The summed E-state index contributed by atoms with van der Waals surface area (Å²) >= 11 is 0. The van der Waals surface area contributed by atoms with Crippen LogP contribution >= 0.6 is 0 Å². The van der Waals surface area contributed by atoms with E-state index in [1.165, 1.54) is 6.42 Å². The van der Waals surface area contributed by atoms with E-state index in [1.807, 2.05) is 19.9 Å². The average Bonchev–Trinajstić information content (AvgIpc) is 2.49. The van der Waals surface area contributed by atoms with E-state index in [0.717, 1.165) is 25.7 Å². The van der Waals surface area contributed by atoms with Crippen molar-refractivity contribution >= 4 is 0 Å². The molecule has 2 heterocycles. The van der Waals surface area contributed by atoms with Crippen LogP contribution in [0.2, 0.25) is 0 Å². The highest BCUT2D eigenvalue weighted by molar-refractivity contribution is 4.86. The van der Waals surface area contributed by atoms with E-state index in [1.54, 1.807) is 6.08 Å². The first-order chi connectivity index (χ1) is 11.8. The highest BCUT2D eigenvalue weighted by Crippen LogP contribution is 2.35. The lowest BCUT2D eigenvalue weighted by atomic mass is 9.87. The van der Waals surface area contributed by atoms with Crippen molar-refractivity contribution in [3.8, 4) is 0 Å². The zero-order valence-electron chi connectivity index (χ0n) is 16.2. The molecule has 0 bridgehead atoms. The fourth-order valence-electron chi connectivity index (χ4n) is 4.09. The van der Waals surface area contributed by atoms with Crippen molar-refractivity contribution in [1.82, 2.24) is 0 Å². The molecule has 0 saturated carbocycles. The number of hydrogen-bond donors (Lipinski definition) is 1. The van der Waals surface area contributed by atoms with Crippen LogP contribution in [0, 0.1) is 5.92 Å². The quantitative estimate of drug-likeness (QED) is 0.659. The molecule has 6 atom stereocenters. The van der Waals surface area contributed by atoms with Crippen LogP contribution in [-0.2, 0) is 14.2 Å². The topological polar surface area (TPSA) is 47.9 Å². The van der Waals surface area contributed by atoms with Gasteiger partial charge in [-0.3, -0.25) is 0 Å². The molecule has 0 radical (unpaired) electrons. The molecule has 2 fully saturated rings. The van der Waals surface area contributed by atoms with Gasteiger partial charge in [0, 0.05) is 19.3 Å². The van der Waals surface area contributed by atoms with E-state index < -0.39 is 11.9 Å². The van der Waals surface area contributed by atoms with Gasteiger partial charge in [-0.2, -0.15) is 0 Å². The molecule has 0 aromatic rings. The Balaban J connectivity index is 1.94. The van der Waals surface area contributed by atoms with Gasteiger partial charge in [-0.05, 0) is 45.4 Å². The molecule has 0 amide bonds. The van der Waals surface area contributed by atoms with Crippen LogP contribution in [0.4, 0.5) is 0 Å². The predicted molar refractivity (Wildman–Crippen MR) is 100 cm³/mol. The minimum absolute atomic E-state index is 0.00608. The minimum atomic E-state index is -0.625. The number of ether oxygens (including phenoxy) is 3. The molecule has 2 aliphatic heterocycles. The first-order valence-corrected chi connectivity index (χ1v) is 9.74. The third-order valence-corrected chi connectivity index (χ3v) is 5.27. The number of hydrogen-bond acceptors (Lipinski definition) is 4. The van der Waals surface area contributed by atoms with E-state index >= 15 is 0 Å². The maximum Gasteiger partial charge on any atom is 0.163 e. The molecule has 0 spiro atoms. The summed E-state index contributed by atoms with van der Waals surface area (Å²) in [5.41, 5.74) is 0. The van der Waals surface area contributed by atoms with Gasteiger partial charge >= 0.3 is 0 Å². The van der Waals surface area contributed by atoms with Crippen molar-refractivity contribution in [2.24, 2.45) is 5.92 Å². The maximum atomic E-state index is 10.1. The normalized spacial score (nSPS) is 36.6. The van der Waals surface area contributed by atoms with Crippen LogP contribution < -0.4 is 0 Å². The SMILES string of the molecule is C=CC[C@H](O)C[C@H]1C[C@@H](C[C@H]2O[C@H](CC=C)CC[C@@H]2C)OC(C)(C)O1. The standard InChI is InChI=1S/C21H36O4/c1-6-8-16(22)12-18-13-19(25-21(4,5)24-18)14-20-15(3)10-11-17(23-20)9-7-2/h6-7,15-20,22H,1-2,8-14H2,3-5H3/t15-,16-,17+,18-,19-,20+/m0/s1. The van der Waals surface area contributed by atoms with Crippen LogP contribution in [0.5, 0.6) is 0 Å². The number of aliphatic hydroxyl groups excluding tert-OH is 1. The summed E-state index contributed by atoms with van der Waals surface area (Å²) in [6, 6.07) is 0. The van der Waals surface area contributed by atoms with Crippen molar-refractivity contribution < 1.29 is 19.3 Å². The lowest BCUT2D eigenvalue weighted by Gasteiger charge is -2.44. The van der Waals surface area contributed by atoms with E-state index in [2.05, 4.69) is 20.1 Å². The van der Waals surface area contributed by atoms with Crippen molar-refractivity contribution in [2.45, 2.75) is 102 Å². The Morgan fingerprint density at radius 2 is 1.84 bits per heavy atom. The fourth-order valence-corrected chi connectivity index (χ4v) is 4.09. The first-order valence-electron chi connectivity index (χ1n) is 9.74. The zero-order chi connectivity index (χ0) is 18.4. The molecule has 0 unspecified atom stereocenters. The Morgan fingerprint density at radius 3 is 2.52 bits per heavy atom. The summed E-state index contributed by atoms with van der Waals surface area (Å²) in [4.78, 5) is 0. The van der Waals surface area contributed by atoms with Gasteiger partial charge in [0.2, 0.25) is 0 Å². The molecule has 2 aliphatic rings. The summed E-state index contributed by atoms with van der Waals surface area (Å²) in [5.74, 6) is -0.0830. The van der Waals surface area contributed by atoms with Crippen molar-refractivity contribution in [1.29, 1.82) is 0 Å². The molecule has 1 N–H and O–H groups in total. The van der Waals surface area contributed by atoms with Crippen LogP contribution in [0.25, 0.3) is 0 Å². The largest absolute Gasteiger partial charge is 0.393 e. The van der Waals surface area contributed by atoms with E-state index in [9.17, 15) is 5.11 Å². The smallest absolute Gasteiger partial charge is 0.163 e. The molecule has 0 aromatic heterocycles. The summed E-state index contributed by atoms with van der Waals surface area (Å²) < 4.78 is 18.5. The lowest BCUT2D eigenvalue weighted by Crippen LogP contribution is -2.47. The van der Waals surface area contributed by atoms with Crippen LogP contribution in [-0.4, -0.2) is 41.4 Å². The first kappa shape index (κ1) is 20.6. The van der Waals surface area contributed by atoms with Gasteiger partial charge in [-0.1, -0.05) is 19.1 Å². The monoisotopic (exact) mass is 352 g/mol. The maximum absolute atomic E-state index is 10.1. The van der Waals surface area contributed by atoms with Gasteiger partial charge in [0.1, 0.15) is 0 Å². The molecular formula is C21H36O4. The minimum Gasteiger partial charge on any atom is -0.393 e. The highest BCUT2D eigenvalue weighted by Gasteiger charge is 2.39. The van der Waals surface area contributed by atoms with Crippen LogP contribution in [0.15, 0.2) is 25.3 Å². The molecule has 2 rings (SSSR count). The third-order valence-electron chi connectivity index (χ3n) is 5.27. The van der Waals surface area contributed by atoms with E-state index in [-0.39, 0.29) is 24.4 Å². The second-order valence-electron chi connectivity index (χ2n) is 8.14. The zero-order valence-corrected chi connectivity index (χ0v) is 16.2. The predicted octanol–water partition coefficient (Wildman–Crippen LogP) is 4.37. The summed E-state index contributed by atoms with van der Waals surface area (Å²) in [6.45, 7) is 13.7. The lowest BCUT2D eigenvalue weighted by molar-refractivity contribution is -0.307. The molecule has 0 aliphatic carbocycles. The molecule has 4 nitrogen and oxygen atoms in total. The number of rotatable bonds is 8. The van der Waals surface area contributed by atoms with Gasteiger partial charge in [-0.15, -0.1) is 13.2 Å². The molecule has 4 heteroatoms. The van der Waals surface area contributed by atoms with Crippen molar-refractivity contribution in [2.75, 3.05) is 0 Å². The Bertz CT molecular complexity index is 434. The van der Waals surface area contributed by atoms with Gasteiger partial charge in [-0.25, -0.2) is 0 Å². The molecule has 2 saturated heterocycles. The molecular weight excluding hydrogens is 316 g/mol. The highest BCUT2D eigenvalue weighted by atomic mass is 16.7. The molecule has 0 aromatic carbocycles. The van der Waals surface area contributed by atoms with E-state index in [4.69, 9.17) is 14.2 Å². The Labute approximate surface area is 153 Å². The second-order valence-corrected chi connectivity index (χ2v) is 8.14. The average molecular weight is 353 g/mol. The Morgan fingerprint density at radius 1 is 1.12 bits per heavy atom. The van der Waals surface area contributed by atoms with Gasteiger partial charge in [0.15, 0.2) is 5.79 Å². The van der Waals surface area contributed by atoms with E-state index in [0.29, 0.717) is 18.8 Å². The van der Waals surface area contributed by atoms with Crippen molar-refractivity contribution in [3.63, 3.8) is 0 Å². The van der Waals surface area contributed by atoms with Crippen LogP contribution in [0.1, 0.15) is 65.7 Å². The van der Waals surface area contributed by atoms with Gasteiger partial charge in [0.25, 0.3) is 0 Å². The summed E-state index contributed by atoms with van der Waals surface area (Å²) in [7, 11) is 0. The molecule has 25 heavy (non-hydrogen) atoms. The summed E-state index contributed by atoms with van der Waals surface area (Å²) in [6.07, 6.45) is 10.0. The summed E-state index contributed by atoms with van der Waals surface area (Å²) in [5, 5.41) is 10.1. The van der Waals surface area contributed by atoms with Gasteiger partial charge < -0.3 is 19.3 Å².